The molecule has 0 atom stereocenters. The van der Waals surface area contributed by atoms with Crippen LogP contribution in [0.3, 0.4) is 0 Å². The van der Waals surface area contributed by atoms with Crippen molar-refractivity contribution >= 4 is 33.0 Å². The van der Waals surface area contributed by atoms with E-state index in [0.717, 1.165) is 23.1 Å². The molecule has 4 rings (SSSR count). The van der Waals surface area contributed by atoms with E-state index in [1.807, 2.05) is 24.3 Å². The van der Waals surface area contributed by atoms with Gasteiger partial charge in [0.15, 0.2) is 0 Å². The summed E-state index contributed by atoms with van der Waals surface area (Å²) in [4.78, 5) is 29.2. The lowest BCUT2D eigenvalue weighted by atomic mass is 10.1. The molecule has 1 aromatic heterocycles. The topological polar surface area (TPSA) is 114 Å². The minimum Gasteiger partial charge on any atom is -0.335 e. The van der Waals surface area contributed by atoms with E-state index in [2.05, 4.69) is 11.9 Å². The first-order valence-electron chi connectivity index (χ1n) is 10.4. The number of hydrogen-bond donors (Lipinski definition) is 0. The van der Waals surface area contributed by atoms with E-state index >= 15 is 0 Å². The van der Waals surface area contributed by atoms with Crippen molar-refractivity contribution in [3.05, 3.63) is 75.3 Å². The van der Waals surface area contributed by atoms with Gasteiger partial charge in [0, 0.05) is 49.3 Å². The molecule has 2 aromatic carbocycles. The molecule has 0 bridgehead atoms. The second kappa shape index (κ2) is 9.38. The fourth-order valence-electron chi connectivity index (χ4n) is 3.59. The van der Waals surface area contributed by atoms with Crippen molar-refractivity contribution in [1.82, 2.24) is 14.2 Å². The molecule has 1 saturated heterocycles. The number of thiazole rings is 1. The summed E-state index contributed by atoms with van der Waals surface area (Å²) in [5.41, 5.74) is 2.23. The summed E-state index contributed by atoms with van der Waals surface area (Å²) in [5, 5.41) is 13.5. The third-order valence-corrected chi connectivity index (χ3v) is 8.31. The van der Waals surface area contributed by atoms with Gasteiger partial charge in [-0.25, -0.2) is 13.4 Å². The lowest BCUT2D eigenvalue weighted by molar-refractivity contribution is -0.385. The van der Waals surface area contributed by atoms with E-state index in [0.29, 0.717) is 5.69 Å². The number of piperazine rings is 1. The van der Waals surface area contributed by atoms with Crippen LogP contribution in [-0.2, 0) is 16.4 Å². The largest absolute Gasteiger partial charge is 0.335 e. The third kappa shape index (κ3) is 4.80. The summed E-state index contributed by atoms with van der Waals surface area (Å²) in [7, 11) is -3.89. The number of nitro groups is 1. The lowest BCUT2D eigenvalue weighted by Gasteiger charge is -2.33. The SMILES string of the molecule is CCc1ccc(-c2nc(C(=O)N3CCN(S(=O)(=O)c4cccc([N+](=O)[O-])c4)CC3)cs2)cc1. The van der Waals surface area contributed by atoms with E-state index in [1.54, 1.807) is 10.3 Å². The molecule has 1 aliphatic rings. The summed E-state index contributed by atoms with van der Waals surface area (Å²) in [6.07, 6.45) is 0.949. The molecule has 1 fully saturated rings. The van der Waals surface area contributed by atoms with Crippen LogP contribution in [0.4, 0.5) is 5.69 Å². The molecule has 0 unspecified atom stereocenters. The Hall–Kier alpha value is -3.15. The van der Waals surface area contributed by atoms with Crippen LogP contribution in [0.25, 0.3) is 10.6 Å². The van der Waals surface area contributed by atoms with Gasteiger partial charge in [-0.2, -0.15) is 4.31 Å². The molecule has 2 heterocycles. The van der Waals surface area contributed by atoms with Gasteiger partial charge >= 0.3 is 0 Å². The number of carbonyl (C=O) groups is 1. The first-order chi connectivity index (χ1) is 15.8. The maximum Gasteiger partial charge on any atom is 0.273 e. The van der Waals surface area contributed by atoms with Crippen LogP contribution in [0.5, 0.6) is 0 Å². The molecule has 11 heteroatoms. The number of aryl methyl sites for hydroxylation is 1. The smallest absolute Gasteiger partial charge is 0.273 e. The Kier molecular flexibility index (Phi) is 6.54. The Labute approximate surface area is 195 Å². The molecule has 3 aromatic rings. The Morgan fingerprint density at radius 1 is 1.12 bits per heavy atom. The Morgan fingerprint density at radius 2 is 1.82 bits per heavy atom. The van der Waals surface area contributed by atoms with E-state index in [4.69, 9.17) is 0 Å². The minimum atomic E-state index is -3.89. The molecule has 0 N–H and O–H groups in total. The summed E-state index contributed by atoms with van der Waals surface area (Å²) in [6.45, 7) is 2.72. The summed E-state index contributed by atoms with van der Waals surface area (Å²) >= 11 is 1.39. The number of nitrogens with zero attached hydrogens (tertiary/aromatic N) is 4. The predicted octanol–water partition coefficient (Wildman–Crippen LogP) is 3.43. The average Bonchev–Trinajstić information content (AvgIpc) is 3.34. The van der Waals surface area contributed by atoms with Crippen LogP contribution in [0, 0.1) is 10.1 Å². The van der Waals surface area contributed by atoms with Crippen molar-refractivity contribution in [3.63, 3.8) is 0 Å². The number of carbonyl (C=O) groups excluding carboxylic acids is 1. The van der Waals surface area contributed by atoms with Crippen LogP contribution in [0.1, 0.15) is 23.0 Å². The number of benzene rings is 2. The number of aromatic nitrogens is 1. The molecule has 1 aliphatic heterocycles. The third-order valence-electron chi connectivity index (χ3n) is 5.52. The standard InChI is InChI=1S/C22H22N4O5S2/c1-2-16-6-8-17(9-7-16)21-23-20(15-32-21)22(27)24-10-12-25(13-11-24)33(30,31)19-5-3-4-18(14-19)26(28)29/h3-9,14-15H,2,10-13H2,1H3. The monoisotopic (exact) mass is 486 g/mol. The molecular formula is C22H22N4O5S2. The maximum absolute atomic E-state index is 12.9. The van der Waals surface area contributed by atoms with Crippen LogP contribution >= 0.6 is 11.3 Å². The summed E-state index contributed by atoms with van der Waals surface area (Å²) in [6, 6.07) is 13.0. The molecule has 0 radical (unpaired) electrons. The van der Waals surface area contributed by atoms with E-state index in [9.17, 15) is 23.3 Å². The highest BCUT2D eigenvalue weighted by Crippen LogP contribution is 2.26. The number of rotatable bonds is 6. The first kappa shape index (κ1) is 23.0. The van der Waals surface area contributed by atoms with Gasteiger partial charge < -0.3 is 4.90 Å². The highest BCUT2D eigenvalue weighted by molar-refractivity contribution is 7.89. The van der Waals surface area contributed by atoms with Crippen molar-refractivity contribution in [3.8, 4) is 10.6 Å². The molecular weight excluding hydrogens is 464 g/mol. The Morgan fingerprint density at radius 3 is 2.45 bits per heavy atom. The molecule has 0 aliphatic carbocycles. The van der Waals surface area contributed by atoms with Gasteiger partial charge in [0.2, 0.25) is 10.0 Å². The fraction of sp³-hybridized carbons (Fsp3) is 0.273. The van der Waals surface area contributed by atoms with Gasteiger partial charge in [0.25, 0.3) is 11.6 Å². The van der Waals surface area contributed by atoms with Gasteiger partial charge in [-0.15, -0.1) is 11.3 Å². The van der Waals surface area contributed by atoms with Crippen LogP contribution in [0.2, 0.25) is 0 Å². The zero-order valence-corrected chi connectivity index (χ0v) is 19.5. The van der Waals surface area contributed by atoms with Crippen molar-refractivity contribution in [2.45, 2.75) is 18.2 Å². The second-order valence-corrected chi connectivity index (χ2v) is 10.3. The van der Waals surface area contributed by atoms with Crippen molar-refractivity contribution in [2.24, 2.45) is 0 Å². The van der Waals surface area contributed by atoms with Crippen molar-refractivity contribution in [1.29, 1.82) is 0 Å². The lowest BCUT2D eigenvalue weighted by Crippen LogP contribution is -2.50. The quantitative estimate of drug-likeness (QED) is 0.390. The van der Waals surface area contributed by atoms with Crippen molar-refractivity contribution in [2.75, 3.05) is 26.2 Å². The highest BCUT2D eigenvalue weighted by atomic mass is 32.2. The van der Waals surface area contributed by atoms with Crippen LogP contribution < -0.4 is 0 Å². The van der Waals surface area contributed by atoms with E-state index < -0.39 is 14.9 Å². The van der Waals surface area contributed by atoms with E-state index in [1.165, 1.54) is 39.4 Å². The van der Waals surface area contributed by atoms with Gasteiger partial charge in [-0.1, -0.05) is 37.3 Å². The highest BCUT2D eigenvalue weighted by Gasteiger charge is 2.31. The number of nitro benzene ring substituents is 1. The maximum atomic E-state index is 12.9. The molecule has 0 saturated carbocycles. The first-order valence-corrected chi connectivity index (χ1v) is 12.7. The summed E-state index contributed by atoms with van der Waals surface area (Å²) < 4.78 is 27.1. The Balaban J connectivity index is 1.42. The number of non-ortho nitro benzene ring substituents is 1. The molecule has 33 heavy (non-hydrogen) atoms. The second-order valence-electron chi connectivity index (χ2n) is 7.54. The normalized spacial score (nSPS) is 14.9. The number of sulfonamides is 1. The molecule has 172 valence electrons. The van der Waals surface area contributed by atoms with Gasteiger partial charge in [-0.3, -0.25) is 14.9 Å². The number of hydrogen-bond acceptors (Lipinski definition) is 7. The molecule has 1 amide bonds. The van der Waals surface area contributed by atoms with E-state index in [-0.39, 0.29) is 42.7 Å². The minimum absolute atomic E-state index is 0.103. The van der Waals surface area contributed by atoms with Crippen LogP contribution in [-0.4, -0.2) is 59.6 Å². The van der Waals surface area contributed by atoms with Crippen LogP contribution in [0.15, 0.2) is 58.8 Å². The molecule has 0 spiro atoms. The number of amides is 1. The molecule has 9 nitrogen and oxygen atoms in total. The zero-order chi connectivity index (χ0) is 23.6. The Bertz CT molecular complexity index is 1280. The zero-order valence-electron chi connectivity index (χ0n) is 17.9. The summed E-state index contributed by atoms with van der Waals surface area (Å²) in [5.74, 6) is -0.241. The average molecular weight is 487 g/mol. The fourth-order valence-corrected chi connectivity index (χ4v) is 5.85. The van der Waals surface area contributed by atoms with Gasteiger partial charge in [0.05, 0.1) is 9.82 Å². The van der Waals surface area contributed by atoms with Gasteiger partial charge in [-0.05, 0) is 18.1 Å². The predicted molar refractivity (Wildman–Crippen MR) is 125 cm³/mol. The van der Waals surface area contributed by atoms with Gasteiger partial charge in [0.1, 0.15) is 10.7 Å². The van der Waals surface area contributed by atoms with Crippen molar-refractivity contribution < 1.29 is 18.1 Å².